The van der Waals surface area contributed by atoms with Crippen LogP contribution in [0, 0.1) is 13.3 Å². The van der Waals surface area contributed by atoms with Crippen LogP contribution in [-0.4, -0.2) is 71.9 Å². The Bertz CT molecular complexity index is 690. The Kier molecular flexibility index (Phi) is 6.94. The van der Waals surface area contributed by atoms with Gasteiger partial charge in [0.2, 0.25) is 5.91 Å². The fourth-order valence-electron chi connectivity index (χ4n) is 4.33. The van der Waals surface area contributed by atoms with Gasteiger partial charge in [-0.3, -0.25) is 9.69 Å². The molecule has 0 aliphatic carbocycles. The second kappa shape index (κ2) is 9.41. The molecular weight excluding hydrogens is 352 g/mol. The van der Waals surface area contributed by atoms with Crippen LogP contribution in [0.1, 0.15) is 36.5 Å². The minimum Gasteiger partial charge on any atom is -0.351 e. The zero-order chi connectivity index (χ0) is 20.1. The van der Waals surface area contributed by atoms with Crippen LogP contribution >= 0.6 is 0 Å². The van der Waals surface area contributed by atoms with Gasteiger partial charge in [-0.2, -0.15) is 0 Å². The van der Waals surface area contributed by atoms with Crippen molar-refractivity contribution in [3.8, 4) is 0 Å². The second-order valence-corrected chi connectivity index (χ2v) is 7.94. The van der Waals surface area contributed by atoms with Gasteiger partial charge in [0.15, 0.2) is 0 Å². The molecule has 1 aromatic rings. The number of urea groups is 1. The van der Waals surface area contributed by atoms with E-state index in [0.29, 0.717) is 25.6 Å². The molecule has 0 bridgehead atoms. The Balaban J connectivity index is 1.42. The number of benzene rings is 1. The van der Waals surface area contributed by atoms with Gasteiger partial charge in [0.05, 0.1) is 6.42 Å². The summed E-state index contributed by atoms with van der Waals surface area (Å²) in [5.74, 6) is 0.149. The summed E-state index contributed by atoms with van der Waals surface area (Å²) in [6.07, 6.45) is 5.55. The summed E-state index contributed by atoms with van der Waals surface area (Å²) >= 11 is 0. The van der Waals surface area contributed by atoms with Gasteiger partial charge in [0.1, 0.15) is 0 Å². The molecule has 0 spiro atoms. The Labute approximate surface area is 168 Å². The number of primary amides is 1. The standard InChI is InChI=1S/C22H33N4O2/c1-3-19-16-18(5-4-17(19)2)6-7-21(27)25-10-8-20(9-11-25)24-12-14-26(15-13-24)22(23)28/h4-5,7,16,20H,3,6,8-15H2,1-2H3,(H2,23,28). The average Bonchev–Trinajstić information content (AvgIpc) is 2.73. The molecule has 0 atom stereocenters. The van der Waals surface area contributed by atoms with Crippen LogP contribution < -0.4 is 5.73 Å². The Morgan fingerprint density at radius 1 is 1.07 bits per heavy atom. The van der Waals surface area contributed by atoms with E-state index in [9.17, 15) is 9.59 Å². The molecule has 3 rings (SSSR count). The van der Waals surface area contributed by atoms with Gasteiger partial charge in [-0.25, -0.2) is 4.79 Å². The Hall–Kier alpha value is -2.08. The summed E-state index contributed by atoms with van der Waals surface area (Å²) in [5, 5.41) is 0. The van der Waals surface area contributed by atoms with E-state index in [2.05, 4.69) is 36.9 Å². The molecule has 2 N–H and O–H groups in total. The molecule has 2 fully saturated rings. The van der Waals surface area contributed by atoms with Gasteiger partial charge in [0.25, 0.3) is 0 Å². The van der Waals surface area contributed by atoms with Gasteiger partial charge in [0, 0.05) is 45.3 Å². The van der Waals surface area contributed by atoms with E-state index in [-0.39, 0.29) is 11.9 Å². The van der Waals surface area contributed by atoms with Gasteiger partial charge in [-0.15, -0.1) is 0 Å². The smallest absolute Gasteiger partial charge is 0.314 e. The zero-order valence-electron chi connectivity index (χ0n) is 17.2. The normalized spacial score (nSPS) is 19.1. The van der Waals surface area contributed by atoms with Crippen molar-refractivity contribution >= 4 is 11.9 Å². The second-order valence-electron chi connectivity index (χ2n) is 7.94. The molecule has 2 heterocycles. The fraction of sp³-hybridized carbons (Fsp3) is 0.591. The number of nitrogens with two attached hydrogens (primary N) is 1. The summed E-state index contributed by atoms with van der Waals surface area (Å²) in [5.41, 5.74) is 9.24. The molecule has 1 radical (unpaired) electrons. The van der Waals surface area contributed by atoms with Crippen molar-refractivity contribution in [1.82, 2.24) is 14.7 Å². The Morgan fingerprint density at radius 3 is 2.36 bits per heavy atom. The summed E-state index contributed by atoms with van der Waals surface area (Å²) in [6, 6.07) is 6.67. The molecule has 28 heavy (non-hydrogen) atoms. The van der Waals surface area contributed by atoms with Crippen molar-refractivity contribution in [2.75, 3.05) is 39.3 Å². The van der Waals surface area contributed by atoms with E-state index in [1.165, 1.54) is 16.7 Å². The molecule has 0 unspecified atom stereocenters. The zero-order valence-corrected chi connectivity index (χ0v) is 17.2. The lowest BCUT2D eigenvalue weighted by atomic mass is 9.99. The molecule has 6 heteroatoms. The maximum absolute atomic E-state index is 12.6. The summed E-state index contributed by atoms with van der Waals surface area (Å²) < 4.78 is 0. The van der Waals surface area contributed by atoms with E-state index < -0.39 is 0 Å². The Morgan fingerprint density at radius 2 is 1.75 bits per heavy atom. The van der Waals surface area contributed by atoms with Crippen molar-refractivity contribution in [3.63, 3.8) is 0 Å². The first-order valence-corrected chi connectivity index (χ1v) is 10.5. The number of carbonyl (C=O) groups is 2. The van der Waals surface area contributed by atoms with Gasteiger partial charge in [-0.1, -0.05) is 25.1 Å². The quantitative estimate of drug-likeness (QED) is 0.843. The van der Waals surface area contributed by atoms with Crippen LogP contribution in [0.3, 0.4) is 0 Å². The maximum atomic E-state index is 12.6. The third kappa shape index (κ3) is 5.04. The molecule has 1 aromatic carbocycles. The fourth-order valence-corrected chi connectivity index (χ4v) is 4.33. The topological polar surface area (TPSA) is 69.9 Å². The summed E-state index contributed by atoms with van der Waals surface area (Å²) in [7, 11) is 0. The molecule has 3 amide bonds. The third-order valence-electron chi connectivity index (χ3n) is 6.23. The lowest BCUT2D eigenvalue weighted by molar-refractivity contribution is -0.129. The highest BCUT2D eigenvalue weighted by molar-refractivity contribution is 5.85. The number of piperidine rings is 1. The monoisotopic (exact) mass is 385 g/mol. The van der Waals surface area contributed by atoms with Gasteiger partial charge in [-0.05, 0) is 49.3 Å². The maximum Gasteiger partial charge on any atom is 0.314 e. The van der Waals surface area contributed by atoms with Crippen LogP contribution in [0.2, 0.25) is 0 Å². The SMILES string of the molecule is CCc1cc(C[CH]C(=O)N2CCC(N3CCN(C(N)=O)CC3)CC2)ccc1C. The number of piperazine rings is 1. The molecule has 2 saturated heterocycles. The third-order valence-corrected chi connectivity index (χ3v) is 6.23. The molecule has 0 saturated carbocycles. The van der Waals surface area contributed by atoms with Crippen molar-refractivity contribution in [3.05, 3.63) is 41.3 Å². The predicted molar refractivity (Wildman–Crippen MR) is 111 cm³/mol. The van der Waals surface area contributed by atoms with Gasteiger partial charge >= 0.3 is 6.03 Å². The van der Waals surface area contributed by atoms with E-state index in [4.69, 9.17) is 5.73 Å². The van der Waals surface area contributed by atoms with Crippen LogP contribution in [0.5, 0.6) is 0 Å². The van der Waals surface area contributed by atoms with Gasteiger partial charge < -0.3 is 15.5 Å². The molecule has 2 aliphatic heterocycles. The number of hydrogen-bond donors (Lipinski definition) is 1. The van der Waals surface area contributed by atoms with Crippen LogP contribution in [-0.2, 0) is 17.6 Å². The molecule has 153 valence electrons. The highest BCUT2D eigenvalue weighted by atomic mass is 16.2. The molecular formula is C22H33N4O2. The number of aryl methyl sites for hydroxylation is 2. The van der Waals surface area contributed by atoms with Crippen LogP contribution in [0.25, 0.3) is 0 Å². The highest BCUT2D eigenvalue weighted by Gasteiger charge is 2.29. The van der Waals surface area contributed by atoms with E-state index in [0.717, 1.165) is 45.4 Å². The van der Waals surface area contributed by atoms with Crippen LogP contribution in [0.4, 0.5) is 4.79 Å². The minimum absolute atomic E-state index is 0.149. The minimum atomic E-state index is -0.324. The molecule has 6 nitrogen and oxygen atoms in total. The number of amides is 3. The first-order chi connectivity index (χ1) is 13.5. The van der Waals surface area contributed by atoms with Crippen molar-refractivity contribution < 1.29 is 9.59 Å². The molecule has 0 aromatic heterocycles. The highest BCUT2D eigenvalue weighted by Crippen LogP contribution is 2.20. The van der Waals surface area contributed by atoms with E-state index >= 15 is 0 Å². The molecule has 2 aliphatic rings. The lowest BCUT2D eigenvalue weighted by Gasteiger charge is -2.42. The van der Waals surface area contributed by atoms with E-state index in [1.54, 1.807) is 4.90 Å². The number of rotatable bonds is 5. The first-order valence-electron chi connectivity index (χ1n) is 10.5. The number of hydrogen-bond acceptors (Lipinski definition) is 3. The number of nitrogens with zero attached hydrogens (tertiary/aromatic N) is 3. The summed E-state index contributed by atoms with van der Waals surface area (Å²) in [4.78, 5) is 30.0. The number of likely N-dealkylation sites (tertiary alicyclic amines) is 1. The van der Waals surface area contributed by atoms with Crippen molar-refractivity contribution in [1.29, 1.82) is 0 Å². The largest absolute Gasteiger partial charge is 0.351 e. The average molecular weight is 386 g/mol. The van der Waals surface area contributed by atoms with Crippen molar-refractivity contribution in [2.45, 2.75) is 45.6 Å². The van der Waals surface area contributed by atoms with Crippen LogP contribution in [0.15, 0.2) is 18.2 Å². The van der Waals surface area contributed by atoms with E-state index in [1.807, 2.05) is 11.3 Å². The lowest BCUT2D eigenvalue weighted by Crippen LogP contribution is -2.55. The first kappa shape index (κ1) is 20.6. The van der Waals surface area contributed by atoms with Crippen molar-refractivity contribution in [2.24, 2.45) is 5.73 Å². The summed E-state index contributed by atoms with van der Waals surface area (Å²) in [6.45, 7) is 9.08. The predicted octanol–water partition coefficient (Wildman–Crippen LogP) is 1.99. The number of carbonyl (C=O) groups excluding carboxylic acids is 2.